The molecule has 0 saturated carbocycles. The summed E-state index contributed by atoms with van der Waals surface area (Å²) in [4.78, 5) is 24.0. The Balaban J connectivity index is 1.83. The molecule has 1 aromatic heterocycles. The van der Waals surface area contributed by atoms with Crippen molar-refractivity contribution < 1.29 is 27.1 Å². The number of alkyl halides is 2. The molecule has 0 saturated heterocycles. The third-order valence-electron chi connectivity index (χ3n) is 3.28. The fraction of sp³-hybridized carbons (Fsp3) is 0.0588. The van der Waals surface area contributed by atoms with E-state index in [1.807, 2.05) is 0 Å². The highest BCUT2D eigenvalue weighted by atomic mass is 19.3. The van der Waals surface area contributed by atoms with Crippen LogP contribution in [-0.2, 0) is 0 Å². The minimum absolute atomic E-state index is 0.0688. The van der Waals surface area contributed by atoms with Crippen molar-refractivity contribution in [3.05, 3.63) is 70.5 Å². The first-order valence-electron chi connectivity index (χ1n) is 7.02. The third-order valence-corrected chi connectivity index (χ3v) is 3.28. The number of halogens is 3. The Morgan fingerprint density at radius 2 is 1.80 bits per heavy atom. The largest absolute Gasteiger partial charge is 0.435 e. The molecule has 0 fully saturated rings. The van der Waals surface area contributed by atoms with Crippen molar-refractivity contribution >= 4 is 22.4 Å². The van der Waals surface area contributed by atoms with Gasteiger partial charge in [-0.1, -0.05) is 0 Å². The van der Waals surface area contributed by atoms with E-state index in [0.717, 1.165) is 12.1 Å². The van der Waals surface area contributed by atoms with E-state index in [4.69, 9.17) is 4.42 Å². The zero-order chi connectivity index (χ0) is 18.0. The van der Waals surface area contributed by atoms with Crippen LogP contribution in [0.15, 0.2) is 57.7 Å². The third kappa shape index (κ3) is 3.79. The number of hydrogen-bond acceptors (Lipinski definition) is 4. The average molecular weight is 349 g/mol. The highest BCUT2D eigenvalue weighted by molar-refractivity contribution is 6.03. The van der Waals surface area contributed by atoms with Gasteiger partial charge in [-0.2, -0.15) is 8.78 Å². The maximum absolute atomic E-state index is 13.3. The molecule has 5 nitrogen and oxygen atoms in total. The number of carbonyl (C=O) groups excluding carboxylic acids is 1. The molecule has 0 spiro atoms. The summed E-state index contributed by atoms with van der Waals surface area (Å²) in [6.45, 7) is -2.95. The number of carbonyl (C=O) groups is 1. The van der Waals surface area contributed by atoms with E-state index in [2.05, 4.69) is 10.1 Å². The highest BCUT2D eigenvalue weighted by Gasteiger charge is 2.13. The molecule has 1 amide bonds. The van der Waals surface area contributed by atoms with Crippen LogP contribution in [0, 0.1) is 5.82 Å². The van der Waals surface area contributed by atoms with Gasteiger partial charge in [0, 0.05) is 5.69 Å². The van der Waals surface area contributed by atoms with E-state index in [0.29, 0.717) is 0 Å². The molecule has 8 heteroatoms. The molecule has 0 atom stereocenters. The number of ether oxygens (including phenoxy) is 1. The standard InChI is InChI=1S/C17H10F3NO4/c18-10-1-6-13-9(7-10)8-14(25-16(13)23)15(22)21-11-2-4-12(5-3-11)24-17(19)20/h1-8,17H,(H,21,22). The first-order valence-corrected chi connectivity index (χ1v) is 7.02. The lowest BCUT2D eigenvalue weighted by Crippen LogP contribution is -2.15. The second-order valence-electron chi connectivity index (χ2n) is 4.99. The van der Waals surface area contributed by atoms with Crippen LogP contribution in [0.2, 0.25) is 0 Å². The van der Waals surface area contributed by atoms with Crippen LogP contribution in [0.4, 0.5) is 18.9 Å². The van der Waals surface area contributed by atoms with Crippen molar-refractivity contribution in [3.63, 3.8) is 0 Å². The van der Waals surface area contributed by atoms with Crippen molar-refractivity contribution in [3.8, 4) is 5.75 Å². The molecule has 0 aliphatic heterocycles. The van der Waals surface area contributed by atoms with E-state index in [-0.39, 0.29) is 28.0 Å². The molecule has 1 N–H and O–H groups in total. The van der Waals surface area contributed by atoms with Gasteiger partial charge in [0.25, 0.3) is 5.91 Å². The fourth-order valence-electron chi connectivity index (χ4n) is 2.19. The van der Waals surface area contributed by atoms with E-state index < -0.39 is 24.0 Å². The smallest absolute Gasteiger partial charge is 0.387 e. The molecule has 0 bridgehead atoms. The Hall–Kier alpha value is -3.29. The quantitative estimate of drug-likeness (QED) is 0.778. The van der Waals surface area contributed by atoms with Crippen molar-refractivity contribution in [2.24, 2.45) is 0 Å². The lowest BCUT2D eigenvalue weighted by molar-refractivity contribution is -0.0498. The maximum Gasteiger partial charge on any atom is 0.387 e. The van der Waals surface area contributed by atoms with E-state index in [9.17, 15) is 22.8 Å². The predicted octanol–water partition coefficient (Wildman–Crippen LogP) is 3.79. The summed E-state index contributed by atoms with van der Waals surface area (Å²) in [6, 6.07) is 9.90. The number of benzene rings is 2. The van der Waals surface area contributed by atoms with Crippen LogP contribution in [0.25, 0.3) is 10.8 Å². The molecular weight excluding hydrogens is 339 g/mol. The molecule has 128 valence electrons. The van der Waals surface area contributed by atoms with Gasteiger partial charge >= 0.3 is 12.2 Å². The Kier molecular flexibility index (Phi) is 4.42. The van der Waals surface area contributed by atoms with Crippen LogP contribution >= 0.6 is 0 Å². The summed E-state index contributed by atoms with van der Waals surface area (Å²) in [5.41, 5.74) is -0.503. The maximum atomic E-state index is 13.3. The molecule has 0 radical (unpaired) electrons. The highest BCUT2D eigenvalue weighted by Crippen LogP contribution is 2.19. The van der Waals surface area contributed by atoms with Crippen LogP contribution < -0.4 is 15.7 Å². The van der Waals surface area contributed by atoms with Crippen LogP contribution in [0.1, 0.15) is 10.6 Å². The summed E-state index contributed by atoms with van der Waals surface area (Å²) in [6.07, 6.45) is 0. The number of nitrogens with one attached hydrogen (secondary N) is 1. The fourth-order valence-corrected chi connectivity index (χ4v) is 2.19. The van der Waals surface area contributed by atoms with Crippen LogP contribution in [0.5, 0.6) is 5.75 Å². The summed E-state index contributed by atoms with van der Waals surface area (Å²) in [5.74, 6) is -1.68. The van der Waals surface area contributed by atoms with E-state index >= 15 is 0 Å². The Morgan fingerprint density at radius 3 is 2.48 bits per heavy atom. The normalized spacial score (nSPS) is 10.9. The predicted molar refractivity (Wildman–Crippen MR) is 83.5 cm³/mol. The SMILES string of the molecule is O=C(Nc1ccc(OC(F)F)cc1)c1cc2cc(F)ccc2c(=O)o1. The van der Waals surface area contributed by atoms with Crippen molar-refractivity contribution in [2.75, 3.05) is 5.32 Å². The zero-order valence-corrected chi connectivity index (χ0v) is 12.5. The molecule has 0 aliphatic carbocycles. The minimum Gasteiger partial charge on any atom is -0.435 e. The van der Waals surface area contributed by atoms with Gasteiger partial charge in [0.15, 0.2) is 5.76 Å². The first-order chi connectivity index (χ1) is 11.9. The number of anilines is 1. The summed E-state index contributed by atoms with van der Waals surface area (Å²) >= 11 is 0. The Bertz CT molecular complexity index is 983. The van der Waals surface area contributed by atoms with E-state index in [1.54, 1.807) is 0 Å². The van der Waals surface area contributed by atoms with Gasteiger partial charge in [-0.25, -0.2) is 9.18 Å². The van der Waals surface area contributed by atoms with Crippen molar-refractivity contribution in [1.82, 2.24) is 0 Å². The molecule has 3 rings (SSSR count). The molecule has 25 heavy (non-hydrogen) atoms. The second kappa shape index (κ2) is 6.68. The number of hydrogen-bond donors (Lipinski definition) is 1. The first kappa shape index (κ1) is 16.6. The minimum atomic E-state index is -2.95. The molecule has 1 heterocycles. The van der Waals surface area contributed by atoms with Crippen molar-refractivity contribution in [1.29, 1.82) is 0 Å². The number of fused-ring (bicyclic) bond motifs is 1. The van der Waals surface area contributed by atoms with Gasteiger partial charge in [0.1, 0.15) is 11.6 Å². The zero-order valence-electron chi connectivity index (χ0n) is 12.5. The summed E-state index contributed by atoms with van der Waals surface area (Å²) in [7, 11) is 0. The topological polar surface area (TPSA) is 68.5 Å². The van der Waals surface area contributed by atoms with E-state index in [1.165, 1.54) is 36.4 Å². The van der Waals surface area contributed by atoms with Crippen molar-refractivity contribution in [2.45, 2.75) is 6.61 Å². The monoisotopic (exact) mass is 349 g/mol. The summed E-state index contributed by atoms with van der Waals surface area (Å²) < 4.78 is 46.6. The van der Waals surface area contributed by atoms with Crippen LogP contribution in [-0.4, -0.2) is 12.5 Å². The molecule has 3 aromatic rings. The van der Waals surface area contributed by atoms with Gasteiger partial charge in [0.2, 0.25) is 0 Å². The van der Waals surface area contributed by atoms with Gasteiger partial charge in [0.05, 0.1) is 5.39 Å². The van der Waals surface area contributed by atoms with Gasteiger partial charge in [-0.15, -0.1) is 0 Å². The second-order valence-corrected chi connectivity index (χ2v) is 4.99. The Labute approximate surface area is 138 Å². The summed E-state index contributed by atoms with van der Waals surface area (Å²) in [5, 5.41) is 2.81. The number of rotatable bonds is 4. The molecule has 0 unspecified atom stereocenters. The molecular formula is C17H10F3NO4. The van der Waals surface area contributed by atoms with Crippen LogP contribution in [0.3, 0.4) is 0 Å². The lowest BCUT2D eigenvalue weighted by atomic mass is 10.1. The Morgan fingerprint density at radius 1 is 1.08 bits per heavy atom. The van der Waals surface area contributed by atoms with Gasteiger partial charge in [-0.05, 0) is 53.9 Å². The van der Waals surface area contributed by atoms with Gasteiger partial charge < -0.3 is 14.5 Å². The molecule has 2 aromatic carbocycles. The lowest BCUT2D eigenvalue weighted by Gasteiger charge is -2.07. The number of amides is 1. The molecule has 0 aliphatic rings. The van der Waals surface area contributed by atoms with Gasteiger partial charge in [-0.3, -0.25) is 4.79 Å². The average Bonchev–Trinajstić information content (AvgIpc) is 2.55.